The Hall–Kier alpha value is -1.64. The number of amides is 1. The molecule has 3 nitrogen and oxygen atoms in total. The lowest BCUT2D eigenvalue weighted by atomic mass is 10.00. The van der Waals surface area contributed by atoms with Gasteiger partial charge in [0.2, 0.25) is 5.91 Å². The number of fused-ring (bicyclic) bond motifs is 2. The SMILES string of the molecule is O=C1C[C@H]2CC[C@@H](C1)N2C(=O)CCc1ccccc1. The zero-order valence-corrected chi connectivity index (χ0v) is 11.0. The van der Waals surface area contributed by atoms with Crippen LogP contribution >= 0.6 is 0 Å². The van der Waals surface area contributed by atoms with Gasteiger partial charge in [0.05, 0.1) is 0 Å². The number of aryl methyl sites for hydroxylation is 1. The van der Waals surface area contributed by atoms with Gasteiger partial charge in [0.1, 0.15) is 5.78 Å². The summed E-state index contributed by atoms with van der Waals surface area (Å²) in [6.07, 6.45) is 4.52. The minimum absolute atomic E-state index is 0.189. The molecule has 1 aromatic rings. The van der Waals surface area contributed by atoms with E-state index in [0.29, 0.717) is 25.0 Å². The Kier molecular flexibility index (Phi) is 3.36. The number of nitrogens with zero attached hydrogens (tertiary/aromatic N) is 1. The van der Waals surface area contributed by atoms with E-state index in [4.69, 9.17) is 0 Å². The second-order valence-electron chi connectivity index (χ2n) is 5.62. The molecule has 3 rings (SSSR count). The van der Waals surface area contributed by atoms with Crippen molar-refractivity contribution in [2.24, 2.45) is 0 Å². The summed E-state index contributed by atoms with van der Waals surface area (Å²) >= 11 is 0. The Bertz CT molecular complexity index is 467. The predicted molar refractivity (Wildman–Crippen MR) is 72.7 cm³/mol. The topological polar surface area (TPSA) is 37.4 Å². The van der Waals surface area contributed by atoms with Crippen LogP contribution in [0, 0.1) is 0 Å². The van der Waals surface area contributed by atoms with Crippen molar-refractivity contribution >= 4 is 11.7 Å². The van der Waals surface area contributed by atoms with Crippen LogP contribution in [0.2, 0.25) is 0 Å². The Balaban J connectivity index is 1.61. The second-order valence-corrected chi connectivity index (χ2v) is 5.62. The van der Waals surface area contributed by atoms with Crippen molar-refractivity contribution in [2.45, 2.75) is 50.6 Å². The first-order valence-electron chi connectivity index (χ1n) is 7.11. The van der Waals surface area contributed by atoms with Gasteiger partial charge in [-0.3, -0.25) is 9.59 Å². The van der Waals surface area contributed by atoms with Gasteiger partial charge in [-0.05, 0) is 24.8 Å². The minimum atomic E-state index is 0.189. The van der Waals surface area contributed by atoms with Gasteiger partial charge >= 0.3 is 0 Å². The second kappa shape index (κ2) is 5.16. The monoisotopic (exact) mass is 257 g/mol. The van der Waals surface area contributed by atoms with Crippen molar-refractivity contribution in [3.05, 3.63) is 35.9 Å². The van der Waals surface area contributed by atoms with Crippen molar-refractivity contribution < 1.29 is 9.59 Å². The van der Waals surface area contributed by atoms with E-state index in [2.05, 4.69) is 12.1 Å². The van der Waals surface area contributed by atoms with Gasteiger partial charge in [0.15, 0.2) is 0 Å². The molecule has 3 heteroatoms. The van der Waals surface area contributed by atoms with Crippen LogP contribution in [0.5, 0.6) is 0 Å². The highest BCUT2D eigenvalue weighted by Crippen LogP contribution is 2.34. The fourth-order valence-electron chi connectivity index (χ4n) is 3.40. The highest BCUT2D eigenvalue weighted by atomic mass is 16.2. The Morgan fingerprint density at radius 3 is 2.37 bits per heavy atom. The van der Waals surface area contributed by atoms with Gasteiger partial charge in [-0.2, -0.15) is 0 Å². The molecular formula is C16H19NO2. The molecule has 2 atom stereocenters. The molecule has 2 aliphatic heterocycles. The molecule has 0 N–H and O–H groups in total. The summed E-state index contributed by atoms with van der Waals surface area (Å²) in [7, 11) is 0. The quantitative estimate of drug-likeness (QED) is 0.833. The molecule has 19 heavy (non-hydrogen) atoms. The zero-order valence-electron chi connectivity index (χ0n) is 11.0. The Labute approximate surface area is 113 Å². The number of hydrogen-bond donors (Lipinski definition) is 0. The van der Waals surface area contributed by atoms with E-state index >= 15 is 0 Å². The summed E-state index contributed by atoms with van der Waals surface area (Å²) in [6.45, 7) is 0. The molecule has 0 aliphatic carbocycles. The van der Waals surface area contributed by atoms with Crippen molar-refractivity contribution in [3.63, 3.8) is 0 Å². The molecule has 2 bridgehead atoms. The molecule has 0 aromatic heterocycles. The molecule has 1 amide bonds. The normalized spacial score (nSPS) is 25.7. The van der Waals surface area contributed by atoms with Crippen LogP contribution in [0.25, 0.3) is 0 Å². The lowest BCUT2D eigenvalue weighted by Crippen LogP contribution is -2.46. The number of hydrogen-bond acceptors (Lipinski definition) is 2. The van der Waals surface area contributed by atoms with Crippen molar-refractivity contribution in [3.8, 4) is 0 Å². The van der Waals surface area contributed by atoms with Crippen LogP contribution < -0.4 is 0 Å². The highest BCUT2D eigenvalue weighted by Gasteiger charge is 2.42. The molecular weight excluding hydrogens is 238 g/mol. The third-order valence-electron chi connectivity index (χ3n) is 4.30. The summed E-state index contributed by atoms with van der Waals surface area (Å²) in [5.74, 6) is 0.559. The number of rotatable bonds is 3. The number of benzene rings is 1. The van der Waals surface area contributed by atoms with Crippen LogP contribution in [0.3, 0.4) is 0 Å². The van der Waals surface area contributed by atoms with E-state index in [0.717, 1.165) is 19.3 Å². The third-order valence-corrected chi connectivity index (χ3v) is 4.30. The van der Waals surface area contributed by atoms with E-state index in [-0.39, 0.29) is 18.0 Å². The van der Waals surface area contributed by atoms with E-state index in [1.54, 1.807) is 0 Å². The largest absolute Gasteiger partial charge is 0.336 e. The van der Waals surface area contributed by atoms with Gasteiger partial charge in [0.25, 0.3) is 0 Å². The van der Waals surface area contributed by atoms with Crippen LogP contribution in [0.15, 0.2) is 30.3 Å². The zero-order chi connectivity index (χ0) is 13.2. The average Bonchev–Trinajstić information content (AvgIpc) is 2.70. The lowest BCUT2D eigenvalue weighted by Gasteiger charge is -2.34. The first-order chi connectivity index (χ1) is 9.24. The minimum Gasteiger partial charge on any atom is -0.336 e. The Morgan fingerprint density at radius 2 is 1.74 bits per heavy atom. The number of carbonyl (C=O) groups is 2. The van der Waals surface area contributed by atoms with Crippen LogP contribution in [-0.4, -0.2) is 28.7 Å². The molecule has 2 heterocycles. The molecule has 2 aliphatic rings. The summed E-state index contributed by atoms with van der Waals surface area (Å²) in [4.78, 5) is 25.9. The number of piperidine rings is 1. The summed E-state index contributed by atoms with van der Waals surface area (Å²) < 4.78 is 0. The van der Waals surface area contributed by atoms with E-state index in [1.807, 2.05) is 23.1 Å². The van der Waals surface area contributed by atoms with Crippen molar-refractivity contribution in [1.82, 2.24) is 4.90 Å². The molecule has 2 saturated heterocycles. The highest BCUT2D eigenvalue weighted by molar-refractivity contribution is 5.85. The van der Waals surface area contributed by atoms with Gasteiger partial charge in [0, 0.05) is 31.3 Å². The standard InChI is InChI=1S/C16H19NO2/c18-15-10-13-7-8-14(11-15)17(13)16(19)9-6-12-4-2-1-3-5-12/h1-5,13-14H,6-11H2/t13-,14+. The number of Topliss-reactive ketones (excluding diaryl/α,β-unsaturated/α-hetero) is 1. The molecule has 2 fully saturated rings. The molecule has 1 aromatic carbocycles. The molecule has 0 saturated carbocycles. The van der Waals surface area contributed by atoms with Gasteiger partial charge in [-0.15, -0.1) is 0 Å². The van der Waals surface area contributed by atoms with Gasteiger partial charge in [-0.1, -0.05) is 30.3 Å². The van der Waals surface area contributed by atoms with Gasteiger partial charge < -0.3 is 4.90 Å². The average molecular weight is 257 g/mol. The van der Waals surface area contributed by atoms with E-state index < -0.39 is 0 Å². The number of ketones is 1. The maximum absolute atomic E-state index is 12.4. The lowest BCUT2D eigenvalue weighted by molar-refractivity contribution is -0.138. The van der Waals surface area contributed by atoms with Crippen LogP contribution in [-0.2, 0) is 16.0 Å². The van der Waals surface area contributed by atoms with Crippen LogP contribution in [0.1, 0.15) is 37.7 Å². The predicted octanol–water partition coefficient (Wildman–Crippen LogP) is 2.34. The maximum Gasteiger partial charge on any atom is 0.223 e. The van der Waals surface area contributed by atoms with Crippen LogP contribution in [0.4, 0.5) is 0 Å². The molecule has 0 spiro atoms. The van der Waals surface area contributed by atoms with Crippen molar-refractivity contribution in [2.75, 3.05) is 0 Å². The first kappa shape index (κ1) is 12.4. The Morgan fingerprint density at radius 1 is 1.11 bits per heavy atom. The maximum atomic E-state index is 12.4. The molecule has 0 unspecified atom stereocenters. The van der Waals surface area contributed by atoms with E-state index in [1.165, 1.54) is 5.56 Å². The fourth-order valence-corrected chi connectivity index (χ4v) is 3.40. The van der Waals surface area contributed by atoms with Gasteiger partial charge in [-0.25, -0.2) is 0 Å². The van der Waals surface area contributed by atoms with E-state index in [9.17, 15) is 9.59 Å². The molecule has 100 valence electrons. The third kappa shape index (κ3) is 2.55. The summed E-state index contributed by atoms with van der Waals surface area (Å²) in [6, 6.07) is 10.5. The smallest absolute Gasteiger partial charge is 0.223 e. The first-order valence-corrected chi connectivity index (χ1v) is 7.11. The summed E-state index contributed by atoms with van der Waals surface area (Å²) in [5, 5.41) is 0. The molecule has 0 radical (unpaired) electrons. The van der Waals surface area contributed by atoms with Crippen molar-refractivity contribution in [1.29, 1.82) is 0 Å². The summed E-state index contributed by atoms with van der Waals surface area (Å²) in [5.41, 5.74) is 1.20. The fraction of sp³-hybridized carbons (Fsp3) is 0.500. The number of carbonyl (C=O) groups excluding carboxylic acids is 2.